The van der Waals surface area contributed by atoms with Gasteiger partial charge in [0, 0.05) is 0 Å². The van der Waals surface area contributed by atoms with E-state index >= 15 is 0 Å². The number of fused-ring (bicyclic) bond motifs is 1. The van der Waals surface area contributed by atoms with Gasteiger partial charge in [-0.2, -0.15) is 0 Å². The molecule has 5 heteroatoms. The normalized spacial score (nSPS) is 11.1. The molecule has 0 heterocycles. The summed E-state index contributed by atoms with van der Waals surface area (Å²) in [6.45, 7) is 1.69. The van der Waals surface area contributed by atoms with E-state index in [9.17, 15) is 4.79 Å². The van der Waals surface area contributed by atoms with Gasteiger partial charge < -0.3 is 9.84 Å². The van der Waals surface area contributed by atoms with Crippen LogP contribution in [0.4, 0.5) is 0 Å². The molecule has 1 N–H and O–H groups in total. The van der Waals surface area contributed by atoms with Crippen LogP contribution < -0.4 is 4.74 Å². The molecular formula is C14H16Na2O3. The van der Waals surface area contributed by atoms with E-state index in [0.717, 1.165) is 22.1 Å². The van der Waals surface area contributed by atoms with Gasteiger partial charge in [0.15, 0.2) is 0 Å². The average molecular weight is 278 g/mol. The quantitative estimate of drug-likeness (QED) is 0.870. The topological polar surface area (TPSA) is 46.5 Å². The summed E-state index contributed by atoms with van der Waals surface area (Å²) in [4.78, 5) is 10.9. The van der Waals surface area contributed by atoms with Crippen LogP contribution in [0.2, 0.25) is 0 Å². The fraction of sp³-hybridized carbons (Fsp3) is 0.214. The maximum atomic E-state index is 10.9. The van der Waals surface area contributed by atoms with Crippen molar-refractivity contribution in [2.45, 2.75) is 12.8 Å². The molecule has 0 amide bonds. The van der Waals surface area contributed by atoms with Crippen LogP contribution in [-0.4, -0.2) is 77.3 Å². The van der Waals surface area contributed by atoms with Gasteiger partial charge in [-0.3, -0.25) is 4.79 Å². The number of hydrogen-bond acceptors (Lipinski definition) is 2. The molecule has 3 nitrogen and oxygen atoms in total. The first-order valence-corrected chi connectivity index (χ1v) is 5.42. The molecule has 1 atom stereocenters. The molecule has 0 aliphatic heterocycles. The van der Waals surface area contributed by atoms with Crippen molar-refractivity contribution in [2.75, 3.05) is 7.11 Å². The molecule has 2 rings (SSSR count). The first kappa shape index (κ1) is 19.0. The third kappa shape index (κ3) is 4.48. The molecule has 0 radical (unpaired) electrons. The number of methoxy groups -OCH3 is 1. The monoisotopic (exact) mass is 278 g/mol. The predicted molar refractivity (Wildman–Crippen MR) is 80.8 cm³/mol. The van der Waals surface area contributed by atoms with Crippen LogP contribution in [0.5, 0.6) is 5.75 Å². The number of aliphatic carboxylic acids is 1. The summed E-state index contributed by atoms with van der Waals surface area (Å²) in [6, 6.07) is 11.4. The molecule has 0 fully saturated rings. The van der Waals surface area contributed by atoms with Crippen LogP contribution in [0, 0.1) is 0 Å². The van der Waals surface area contributed by atoms with E-state index in [-0.39, 0.29) is 59.1 Å². The molecule has 2 aromatic carbocycles. The van der Waals surface area contributed by atoms with Crippen LogP contribution in [0.15, 0.2) is 36.4 Å². The van der Waals surface area contributed by atoms with Crippen LogP contribution in [-0.2, 0) is 4.79 Å². The van der Waals surface area contributed by atoms with Gasteiger partial charge in [-0.15, -0.1) is 0 Å². The van der Waals surface area contributed by atoms with Crippen LogP contribution in [0.1, 0.15) is 18.4 Å². The van der Waals surface area contributed by atoms with E-state index in [1.807, 2.05) is 36.4 Å². The van der Waals surface area contributed by atoms with Gasteiger partial charge in [0.25, 0.3) is 0 Å². The Hall–Kier alpha value is -0.0300. The van der Waals surface area contributed by atoms with Crippen molar-refractivity contribution in [3.63, 3.8) is 0 Å². The second kappa shape index (κ2) is 8.30. The predicted octanol–water partition coefficient (Wildman–Crippen LogP) is 1.74. The summed E-state index contributed by atoms with van der Waals surface area (Å²) >= 11 is 0. The van der Waals surface area contributed by atoms with Gasteiger partial charge in [-0.05, 0) is 35.4 Å². The molecule has 0 spiro atoms. The van der Waals surface area contributed by atoms with E-state index in [4.69, 9.17) is 9.84 Å². The van der Waals surface area contributed by atoms with Crippen molar-refractivity contribution in [2.24, 2.45) is 0 Å². The number of ether oxygens (including phenoxy) is 1. The maximum absolute atomic E-state index is 10.9. The van der Waals surface area contributed by atoms with Gasteiger partial charge in [0.1, 0.15) is 5.75 Å². The van der Waals surface area contributed by atoms with E-state index < -0.39 is 11.9 Å². The first-order valence-electron chi connectivity index (χ1n) is 5.42. The number of rotatable bonds is 3. The van der Waals surface area contributed by atoms with Crippen molar-refractivity contribution in [1.82, 2.24) is 0 Å². The van der Waals surface area contributed by atoms with Gasteiger partial charge >= 0.3 is 65.1 Å². The van der Waals surface area contributed by atoms with Gasteiger partial charge in [-0.25, -0.2) is 0 Å². The van der Waals surface area contributed by atoms with E-state index in [1.165, 1.54) is 0 Å². The Kier molecular flexibility index (Phi) is 8.29. The fourth-order valence-electron chi connectivity index (χ4n) is 1.78. The standard InChI is InChI=1S/C14H14O3.2Na.2H/c1-9(14(15)16)10-3-4-12-8-13(17-2)6-5-11(12)7-10;;;;/h3-9H,1-2H3,(H,15,16);;;;. The van der Waals surface area contributed by atoms with Crippen LogP contribution >= 0.6 is 0 Å². The summed E-state index contributed by atoms with van der Waals surface area (Å²) in [7, 11) is 1.63. The zero-order chi connectivity index (χ0) is 12.4. The summed E-state index contributed by atoms with van der Waals surface area (Å²) in [5.74, 6) is -0.490. The molecule has 0 aromatic heterocycles. The van der Waals surface area contributed by atoms with Crippen molar-refractivity contribution in [1.29, 1.82) is 0 Å². The van der Waals surface area contributed by atoms with Gasteiger partial charge in [0.05, 0.1) is 13.0 Å². The van der Waals surface area contributed by atoms with Gasteiger partial charge in [0.2, 0.25) is 0 Å². The molecule has 0 aliphatic rings. The van der Waals surface area contributed by atoms with E-state index in [0.29, 0.717) is 0 Å². The first-order chi connectivity index (χ1) is 8.11. The molecule has 1 unspecified atom stereocenters. The molecule has 0 saturated heterocycles. The molecule has 0 bridgehead atoms. The third-order valence-corrected chi connectivity index (χ3v) is 2.94. The van der Waals surface area contributed by atoms with E-state index in [1.54, 1.807) is 14.0 Å². The average Bonchev–Trinajstić information content (AvgIpc) is 2.36. The molecule has 19 heavy (non-hydrogen) atoms. The van der Waals surface area contributed by atoms with Crippen molar-refractivity contribution >= 4 is 75.9 Å². The van der Waals surface area contributed by atoms with Crippen molar-refractivity contribution < 1.29 is 14.6 Å². The second-order valence-corrected chi connectivity index (χ2v) is 4.03. The Morgan fingerprint density at radius 3 is 2.26 bits per heavy atom. The van der Waals surface area contributed by atoms with Crippen LogP contribution in [0.25, 0.3) is 10.8 Å². The minimum atomic E-state index is -0.808. The Balaban J connectivity index is 0.00000162. The summed E-state index contributed by atoms with van der Waals surface area (Å²) < 4.78 is 5.14. The molecule has 2 aromatic rings. The summed E-state index contributed by atoms with van der Waals surface area (Å²) in [6.07, 6.45) is 0. The molecular weight excluding hydrogens is 262 g/mol. The number of carboxylic acid groups (broad SMARTS) is 1. The Morgan fingerprint density at radius 2 is 1.68 bits per heavy atom. The Labute approximate surface area is 156 Å². The van der Waals surface area contributed by atoms with E-state index in [2.05, 4.69) is 0 Å². The summed E-state index contributed by atoms with van der Waals surface area (Å²) in [5.41, 5.74) is 0.815. The fourth-order valence-corrected chi connectivity index (χ4v) is 1.78. The molecule has 92 valence electrons. The number of hydrogen-bond donors (Lipinski definition) is 1. The zero-order valence-electron chi connectivity index (χ0n) is 9.81. The Morgan fingerprint density at radius 1 is 1.11 bits per heavy atom. The number of carbonyl (C=O) groups is 1. The molecule has 0 aliphatic carbocycles. The van der Waals surface area contributed by atoms with Gasteiger partial charge in [-0.1, -0.05) is 24.3 Å². The second-order valence-electron chi connectivity index (χ2n) is 4.03. The van der Waals surface area contributed by atoms with Crippen molar-refractivity contribution in [3.05, 3.63) is 42.0 Å². The summed E-state index contributed by atoms with van der Waals surface area (Å²) in [5, 5.41) is 11.0. The number of benzene rings is 2. The number of carboxylic acids is 1. The van der Waals surface area contributed by atoms with Crippen molar-refractivity contribution in [3.8, 4) is 5.75 Å². The minimum absolute atomic E-state index is 0. The Bertz CT molecular complexity index is 570. The molecule has 0 saturated carbocycles. The van der Waals surface area contributed by atoms with Crippen LogP contribution in [0.3, 0.4) is 0 Å². The zero-order valence-corrected chi connectivity index (χ0v) is 9.81. The third-order valence-electron chi connectivity index (χ3n) is 2.94. The SMILES string of the molecule is COc1ccc2cc(C(C)C(=O)O)ccc2c1.[NaH].[NaH].